The Bertz CT molecular complexity index is 739. The molecule has 0 spiro atoms. The van der Waals surface area contributed by atoms with Crippen LogP contribution < -0.4 is 0 Å². The molecule has 1 N–H and O–H groups in total. The Morgan fingerprint density at radius 1 is 1.29 bits per heavy atom. The Balaban J connectivity index is 2.41. The van der Waals surface area contributed by atoms with Gasteiger partial charge < -0.3 is 5.11 Å². The fourth-order valence-electron chi connectivity index (χ4n) is 1.42. The molecule has 1 aromatic carbocycles. The van der Waals surface area contributed by atoms with Gasteiger partial charge in [0.25, 0.3) is 0 Å². The van der Waals surface area contributed by atoms with Gasteiger partial charge in [0, 0.05) is 17.2 Å². The number of pyridine rings is 1. The number of carbonyl (C=O) groups is 1. The largest absolute Gasteiger partial charge is 0.478 e. The second-order valence-electron chi connectivity index (χ2n) is 3.79. The molecule has 0 aliphatic carbocycles. The third-order valence-corrected chi connectivity index (χ3v) is 3.38. The molecule has 0 atom stereocenters. The highest BCUT2D eigenvalue weighted by Gasteiger charge is 2.20. The number of nitrogens with zero attached hydrogens (tertiary/aromatic N) is 2. The quantitative estimate of drug-likeness (QED) is 0.688. The van der Waals surface area contributed by atoms with Crippen molar-refractivity contribution in [2.75, 3.05) is 0 Å². The molecule has 6 nitrogen and oxygen atoms in total. The predicted octanol–water partition coefficient (Wildman–Crippen LogP) is 3.12. The van der Waals surface area contributed by atoms with Crippen LogP contribution in [0.25, 0.3) is 0 Å². The number of benzene rings is 1. The van der Waals surface area contributed by atoms with Gasteiger partial charge in [-0.15, -0.1) is 0 Å². The topological polar surface area (TPSA) is 93.3 Å². The standard InChI is InChI=1S/C12H6F2N2O4S/c13-8-2-1-7(4-9(8)14)21-11-10(16(19)20)3-6(5-15-11)12(17)18/h1-5H,(H,17,18). The first kappa shape index (κ1) is 14.9. The molecular formula is C12H6F2N2O4S. The fraction of sp³-hybridized carbons (Fsp3) is 0. The number of hydrogen-bond acceptors (Lipinski definition) is 5. The van der Waals surface area contributed by atoms with Gasteiger partial charge in [0.1, 0.15) is 0 Å². The monoisotopic (exact) mass is 312 g/mol. The van der Waals surface area contributed by atoms with E-state index in [1.165, 1.54) is 6.07 Å². The third kappa shape index (κ3) is 3.31. The zero-order chi connectivity index (χ0) is 15.6. The highest BCUT2D eigenvalue weighted by molar-refractivity contribution is 7.99. The lowest BCUT2D eigenvalue weighted by Gasteiger charge is -2.03. The number of hydrogen-bond donors (Lipinski definition) is 1. The van der Waals surface area contributed by atoms with Crippen molar-refractivity contribution < 1.29 is 23.6 Å². The van der Waals surface area contributed by atoms with E-state index in [2.05, 4.69) is 4.98 Å². The highest BCUT2D eigenvalue weighted by atomic mass is 32.2. The van der Waals surface area contributed by atoms with Crippen molar-refractivity contribution in [3.63, 3.8) is 0 Å². The fourth-order valence-corrected chi connectivity index (χ4v) is 2.28. The normalized spacial score (nSPS) is 10.4. The lowest BCUT2D eigenvalue weighted by molar-refractivity contribution is -0.388. The highest BCUT2D eigenvalue weighted by Crippen LogP contribution is 2.33. The average Bonchev–Trinajstić information content (AvgIpc) is 2.43. The number of carboxylic acids is 1. The Hall–Kier alpha value is -2.55. The molecule has 0 bridgehead atoms. The van der Waals surface area contributed by atoms with Crippen LogP contribution >= 0.6 is 11.8 Å². The first-order valence-electron chi connectivity index (χ1n) is 5.39. The van der Waals surface area contributed by atoms with E-state index in [9.17, 15) is 23.7 Å². The van der Waals surface area contributed by atoms with Crippen LogP contribution in [0.3, 0.4) is 0 Å². The van der Waals surface area contributed by atoms with Gasteiger partial charge in [0.15, 0.2) is 16.7 Å². The van der Waals surface area contributed by atoms with Gasteiger partial charge in [-0.25, -0.2) is 18.6 Å². The van der Waals surface area contributed by atoms with Crippen molar-refractivity contribution in [2.24, 2.45) is 0 Å². The molecule has 0 aliphatic heterocycles. The molecule has 0 aliphatic rings. The predicted molar refractivity (Wildman–Crippen MR) is 68.3 cm³/mol. The Kier molecular flexibility index (Phi) is 4.13. The molecule has 0 saturated heterocycles. The zero-order valence-corrected chi connectivity index (χ0v) is 10.9. The lowest BCUT2D eigenvalue weighted by atomic mass is 10.3. The van der Waals surface area contributed by atoms with E-state index in [0.717, 1.165) is 36.2 Å². The summed E-state index contributed by atoms with van der Waals surface area (Å²) in [6.07, 6.45) is 0.956. The second-order valence-corrected chi connectivity index (χ2v) is 4.85. The van der Waals surface area contributed by atoms with Crippen LogP contribution in [-0.4, -0.2) is 21.0 Å². The van der Waals surface area contributed by atoms with Gasteiger partial charge in [0.2, 0.25) is 0 Å². The van der Waals surface area contributed by atoms with E-state index in [4.69, 9.17) is 5.11 Å². The maximum Gasteiger partial charge on any atom is 0.337 e. The van der Waals surface area contributed by atoms with E-state index < -0.39 is 28.2 Å². The van der Waals surface area contributed by atoms with Gasteiger partial charge in [-0.2, -0.15) is 0 Å². The maximum atomic E-state index is 13.1. The van der Waals surface area contributed by atoms with Crippen LogP contribution in [0.1, 0.15) is 10.4 Å². The summed E-state index contributed by atoms with van der Waals surface area (Å²) in [4.78, 5) is 24.8. The number of aromatic nitrogens is 1. The van der Waals surface area contributed by atoms with Crippen LogP contribution in [0.5, 0.6) is 0 Å². The van der Waals surface area contributed by atoms with Gasteiger partial charge in [0.05, 0.1) is 10.5 Å². The maximum absolute atomic E-state index is 13.1. The summed E-state index contributed by atoms with van der Waals surface area (Å²) in [5.74, 6) is -3.48. The van der Waals surface area contributed by atoms with Crippen molar-refractivity contribution in [1.82, 2.24) is 4.98 Å². The van der Waals surface area contributed by atoms with Crippen LogP contribution in [0, 0.1) is 21.7 Å². The minimum absolute atomic E-state index is 0.115. The first-order valence-corrected chi connectivity index (χ1v) is 6.21. The molecule has 1 heterocycles. The Morgan fingerprint density at radius 3 is 2.57 bits per heavy atom. The van der Waals surface area contributed by atoms with E-state index in [1.807, 2.05) is 0 Å². The second kappa shape index (κ2) is 5.83. The Morgan fingerprint density at radius 2 is 2.00 bits per heavy atom. The molecule has 21 heavy (non-hydrogen) atoms. The summed E-state index contributed by atoms with van der Waals surface area (Å²) in [6, 6.07) is 3.85. The molecule has 9 heteroatoms. The molecule has 2 rings (SSSR count). The summed E-state index contributed by atoms with van der Waals surface area (Å²) >= 11 is 0.733. The van der Waals surface area contributed by atoms with Crippen molar-refractivity contribution >= 4 is 23.4 Å². The Labute approximate surface area is 120 Å². The lowest BCUT2D eigenvalue weighted by Crippen LogP contribution is -2.01. The smallest absolute Gasteiger partial charge is 0.337 e. The molecule has 0 amide bonds. The van der Waals surface area contributed by atoms with E-state index >= 15 is 0 Å². The SMILES string of the molecule is O=C(O)c1cnc(Sc2ccc(F)c(F)c2)c([N+](=O)[O-])c1. The van der Waals surface area contributed by atoms with Gasteiger partial charge in [-0.1, -0.05) is 11.8 Å². The van der Waals surface area contributed by atoms with Gasteiger partial charge >= 0.3 is 11.7 Å². The number of rotatable bonds is 4. The number of nitro groups is 1. The molecule has 2 aromatic rings. The zero-order valence-electron chi connectivity index (χ0n) is 10.1. The van der Waals surface area contributed by atoms with Crippen LogP contribution in [0.4, 0.5) is 14.5 Å². The van der Waals surface area contributed by atoms with Crippen molar-refractivity contribution in [3.8, 4) is 0 Å². The molecule has 0 fully saturated rings. The van der Waals surface area contributed by atoms with E-state index in [1.54, 1.807) is 0 Å². The molecule has 0 unspecified atom stereocenters. The van der Waals surface area contributed by atoms with Crippen molar-refractivity contribution in [2.45, 2.75) is 9.92 Å². The van der Waals surface area contributed by atoms with Gasteiger partial charge in [-0.3, -0.25) is 10.1 Å². The summed E-state index contributed by atoms with van der Waals surface area (Å²) in [6.45, 7) is 0. The molecule has 108 valence electrons. The molecular weight excluding hydrogens is 306 g/mol. The molecule has 0 radical (unpaired) electrons. The van der Waals surface area contributed by atoms with Crippen molar-refractivity contribution in [1.29, 1.82) is 0 Å². The van der Waals surface area contributed by atoms with Crippen LogP contribution in [0.15, 0.2) is 40.4 Å². The van der Waals surface area contributed by atoms with Gasteiger partial charge in [-0.05, 0) is 18.2 Å². The molecule has 1 aromatic heterocycles. The summed E-state index contributed by atoms with van der Waals surface area (Å²) in [5, 5.41) is 19.6. The number of aromatic carboxylic acids is 1. The van der Waals surface area contributed by atoms with E-state index in [-0.39, 0.29) is 15.5 Å². The first-order chi connectivity index (χ1) is 9.88. The van der Waals surface area contributed by atoms with Crippen LogP contribution in [-0.2, 0) is 0 Å². The van der Waals surface area contributed by atoms with E-state index in [0.29, 0.717) is 0 Å². The third-order valence-electron chi connectivity index (χ3n) is 2.38. The summed E-state index contributed by atoms with van der Waals surface area (Å²) in [5.41, 5.74) is -0.860. The summed E-state index contributed by atoms with van der Waals surface area (Å²) < 4.78 is 25.9. The summed E-state index contributed by atoms with van der Waals surface area (Å²) in [7, 11) is 0. The number of carboxylic acid groups (broad SMARTS) is 1. The number of halogens is 2. The van der Waals surface area contributed by atoms with Crippen molar-refractivity contribution in [3.05, 3.63) is 57.8 Å². The molecule has 0 saturated carbocycles. The minimum Gasteiger partial charge on any atom is -0.478 e. The minimum atomic E-state index is -1.35. The average molecular weight is 312 g/mol. The van der Waals surface area contributed by atoms with Crippen LogP contribution in [0.2, 0.25) is 0 Å².